The van der Waals surface area contributed by atoms with Crippen molar-refractivity contribution in [2.24, 2.45) is 5.92 Å². The highest BCUT2D eigenvalue weighted by molar-refractivity contribution is 5.97. The van der Waals surface area contributed by atoms with Crippen molar-refractivity contribution in [1.82, 2.24) is 4.90 Å². The molecule has 1 aromatic carbocycles. The van der Waals surface area contributed by atoms with Crippen LogP contribution in [0.25, 0.3) is 0 Å². The van der Waals surface area contributed by atoms with Gasteiger partial charge in [-0.25, -0.2) is 0 Å². The number of carbonyl (C=O) groups excluding carboxylic acids is 1. The van der Waals surface area contributed by atoms with Gasteiger partial charge in [-0.3, -0.25) is 9.69 Å². The Morgan fingerprint density at radius 3 is 2.15 bits per heavy atom. The maximum Gasteiger partial charge on any atom is 0.176 e. The Morgan fingerprint density at radius 1 is 1.10 bits per heavy atom. The highest BCUT2D eigenvalue weighted by atomic mass is 16.1. The first-order valence-corrected chi connectivity index (χ1v) is 7.83. The van der Waals surface area contributed by atoms with Crippen molar-refractivity contribution in [3.05, 3.63) is 35.4 Å². The zero-order valence-corrected chi connectivity index (χ0v) is 13.6. The van der Waals surface area contributed by atoms with Crippen LogP contribution in [0.2, 0.25) is 0 Å². The van der Waals surface area contributed by atoms with Crippen molar-refractivity contribution in [3.63, 3.8) is 0 Å². The third-order valence-electron chi connectivity index (χ3n) is 3.98. The Kier molecular flexibility index (Phi) is 6.94. The maximum atomic E-state index is 12.3. The minimum absolute atomic E-state index is 0.227. The minimum Gasteiger partial charge on any atom is -0.296 e. The lowest BCUT2D eigenvalue weighted by atomic mass is 10.0. The van der Waals surface area contributed by atoms with E-state index in [1.54, 1.807) is 0 Å². The van der Waals surface area contributed by atoms with Crippen LogP contribution in [0.15, 0.2) is 24.3 Å². The van der Waals surface area contributed by atoms with Crippen molar-refractivity contribution in [2.45, 2.75) is 47.0 Å². The number of hydrogen-bond donors (Lipinski definition) is 0. The number of likely N-dealkylation sites (N-methyl/N-ethyl adjacent to an activating group) is 1. The highest BCUT2D eigenvalue weighted by Gasteiger charge is 2.13. The van der Waals surface area contributed by atoms with E-state index < -0.39 is 0 Å². The Bertz CT molecular complexity index is 408. The van der Waals surface area contributed by atoms with Crippen LogP contribution < -0.4 is 0 Å². The number of Topliss-reactive ketones (excluding diaryl/α,β-unsaturated/α-hetero) is 1. The molecule has 0 aliphatic rings. The molecular weight excluding hydrogens is 246 g/mol. The van der Waals surface area contributed by atoms with Crippen molar-refractivity contribution in [3.8, 4) is 0 Å². The third kappa shape index (κ3) is 5.09. The minimum atomic E-state index is 0.227. The van der Waals surface area contributed by atoms with Crippen LogP contribution in [0, 0.1) is 5.92 Å². The molecule has 1 rings (SSSR count). The van der Waals surface area contributed by atoms with Gasteiger partial charge in [-0.15, -0.1) is 0 Å². The summed E-state index contributed by atoms with van der Waals surface area (Å²) in [6, 6.07) is 8.08. The van der Waals surface area contributed by atoms with Crippen molar-refractivity contribution in [1.29, 1.82) is 0 Å². The fraction of sp³-hybridized carbons (Fsp3) is 0.611. The molecule has 0 amide bonds. The summed E-state index contributed by atoms with van der Waals surface area (Å²) in [6.07, 6.45) is 1.16. The first-order valence-electron chi connectivity index (χ1n) is 7.83. The molecule has 20 heavy (non-hydrogen) atoms. The second-order valence-electron chi connectivity index (χ2n) is 6.04. The largest absolute Gasteiger partial charge is 0.296 e. The van der Waals surface area contributed by atoms with E-state index in [4.69, 9.17) is 0 Å². The molecule has 2 nitrogen and oxygen atoms in total. The molecule has 0 aliphatic heterocycles. The molecule has 0 N–H and O–H groups in total. The number of ketones is 1. The molecule has 0 aromatic heterocycles. The highest BCUT2D eigenvalue weighted by Crippen LogP contribution is 2.15. The van der Waals surface area contributed by atoms with Gasteiger partial charge in [-0.1, -0.05) is 65.3 Å². The van der Waals surface area contributed by atoms with Gasteiger partial charge in [0, 0.05) is 12.1 Å². The predicted octanol–water partition coefficient (Wildman–Crippen LogP) is 4.36. The molecule has 0 saturated heterocycles. The Balaban J connectivity index is 2.64. The van der Waals surface area contributed by atoms with Gasteiger partial charge in [0.15, 0.2) is 5.78 Å². The average molecular weight is 275 g/mol. The molecule has 0 bridgehead atoms. The monoisotopic (exact) mass is 275 g/mol. The summed E-state index contributed by atoms with van der Waals surface area (Å²) in [5.74, 6) is 1.38. The molecule has 0 saturated carbocycles. The molecule has 0 fully saturated rings. The fourth-order valence-corrected chi connectivity index (χ4v) is 2.22. The van der Waals surface area contributed by atoms with Crippen molar-refractivity contribution >= 4 is 5.78 Å². The van der Waals surface area contributed by atoms with Crippen molar-refractivity contribution in [2.75, 3.05) is 19.6 Å². The molecular formula is C18H29NO. The zero-order chi connectivity index (χ0) is 15.1. The molecule has 112 valence electrons. The van der Waals surface area contributed by atoms with Crippen LogP contribution in [-0.2, 0) is 0 Å². The Labute approximate surface area is 124 Å². The van der Waals surface area contributed by atoms with Crippen LogP contribution in [-0.4, -0.2) is 30.3 Å². The van der Waals surface area contributed by atoms with Crippen LogP contribution in [0.3, 0.4) is 0 Å². The number of carbonyl (C=O) groups is 1. The molecule has 0 aliphatic carbocycles. The molecule has 1 atom stereocenters. The average Bonchev–Trinajstić information content (AvgIpc) is 2.46. The summed E-state index contributed by atoms with van der Waals surface area (Å²) in [5, 5.41) is 0. The van der Waals surface area contributed by atoms with E-state index >= 15 is 0 Å². The smallest absolute Gasteiger partial charge is 0.176 e. The van der Waals surface area contributed by atoms with Crippen LogP contribution >= 0.6 is 0 Å². The van der Waals surface area contributed by atoms with E-state index in [1.165, 1.54) is 5.56 Å². The predicted molar refractivity (Wildman–Crippen MR) is 86.4 cm³/mol. The van der Waals surface area contributed by atoms with Crippen LogP contribution in [0.1, 0.15) is 62.9 Å². The van der Waals surface area contributed by atoms with E-state index in [1.807, 2.05) is 12.1 Å². The van der Waals surface area contributed by atoms with E-state index in [-0.39, 0.29) is 5.78 Å². The van der Waals surface area contributed by atoms with Gasteiger partial charge < -0.3 is 0 Å². The van der Waals surface area contributed by atoms with Gasteiger partial charge in [0.25, 0.3) is 0 Å². The van der Waals surface area contributed by atoms with Gasteiger partial charge in [0.05, 0.1) is 6.54 Å². The number of nitrogens with zero attached hydrogens (tertiary/aromatic N) is 1. The van der Waals surface area contributed by atoms with Crippen molar-refractivity contribution < 1.29 is 4.79 Å². The number of benzene rings is 1. The molecule has 1 unspecified atom stereocenters. The Hall–Kier alpha value is -1.15. The lowest BCUT2D eigenvalue weighted by Gasteiger charge is -2.23. The SMILES string of the molecule is CCC(C)CN(CC)CC(=O)c1ccc(C(C)C)cc1. The van der Waals surface area contributed by atoms with Gasteiger partial charge >= 0.3 is 0 Å². The summed E-state index contributed by atoms with van der Waals surface area (Å²) in [7, 11) is 0. The van der Waals surface area contributed by atoms with Gasteiger partial charge in [0.2, 0.25) is 0 Å². The normalized spacial score (nSPS) is 12.9. The van der Waals surface area contributed by atoms with E-state index in [0.717, 1.165) is 25.1 Å². The summed E-state index contributed by atoms with van der Waals surface area (Å²) in [5.41, 5.74) is 2.12. The number of hydrogen-bond acceptors (Lipinski definition) is 2. The first-order chi connectivity index (χ1) is 9.47. The van der Waals surface area contributed by atoms with E-state index in [9.17, 15) is 4.79 Å². The zero-order valence-electron chi connectivity index (χ0n) is 13.6. The van der Waals surface area contributed by atoms with Crippen LogP contribution in [0.4, 0.5) is 0 Å². The third-order valence-corrected chi connectivity index (χ3v) is 3.98. The lowest BCUT2D eigenvalue weighted by Crippen LogP contribution is -2.33. The van der Waals surface area contributed by atoms with Gasteiger partial charge in [-0.05, 0) is 23.9 Å². The van der Waals surface area contributed by atoms with Gasteiger partial charge in [-0.2, -0.15) is 0 Å². The molecule has 0 heterocycles. The summed E-state index contributed by atoms with van der Waals surface area (Å²) in [6.45, 7) is 13.4. The van der Waals surface area contributed by atoms with E-state index in [0.29, 0.717) is 18.4 Å². The molecule has 1 aromatic rings. The number of rotatable bonds is 8. The fourth-order valence-electron chi connectivity index (χ4n) is 2.22. The lowest BCUT2D eigenvalue weighted by molar-refractivity contribution is 0.0924. The van der Waals surface area contributed by atoms with Crippen LogP contribution in [0.5, 0.6) is 0 Å². The summed E-state index contributed by atoms with van der Waals surface area (Å²) < 4.78 is 0. The topological polar surface area (TPSA) is 20.3 Å². The standard InChI is InChI=1S/C18H29NO/c1-6-15(5)12-19(7-2)13-18(20)17-10-8-16(9-11-17)14(3)4/h8-11,14-15H,6-7,12-13H2,1-5H3. The van der Waals surface area contributed by atoms with Gasteiger partial charge in [0.1, 0.15) is 0 Å². The Morgan fingerprint density at radius 2 is 1.70 bits per heavy atom. The van der Waals surface area contributed by atoms with E-state index in [2.05, 4.69) is 51.7 Å². The molecule has 0 radical (unpaired) electrons. The summed E-state index contributed by atoms with van der Waals surface area (Å²) >= 11 is 0. The first kappa shape index (κ1) is 16.9. The second-order valence-corrected chi connectivity index (χ2v) is 6.04. The maximum absolute atomic E-state index is 12.3. The quantitative estimate of drug-likeness (QED) is 0.657. The summed E-state index contributed by atoms with van der Waals surface area (Å²) in [4.78, 5) is 14.6. The molecule has 2 heteroatoms. The second kappa shape index (κ2) is 8.21. The molecule has 0 spiro atoms.